The first kappa shape index (κ1) is 18.3. The topological polar surface area (TPSA) is 65.2 Å². The molecule has 0 amide bonds. The van der Waals surface area contributed by atoms with E-state index in [0.717, 1.165) is 47.2 Å². The number of aromatic nitrogens is 1. The smallest absolute Gasteiger partial charge is 0.355 e. The zero-order chi connectivity index (χ0) is 20.0. The molecule has 5 rings (SSSR count). The number of nitrogens with two attached hydrogens (primary N) is 1. The second-order valence-electron chi connectivity index (χ2n) is 7.33. The number of anilines is 1. The Bertz CT molecular complexity index is 1230. The van der Waals surface area contributed by atoms with Gasteiger partial charge in [-0.05, 0) is 72.9 Å². The molecule has 0 atom stereocenters. The number of rotatable bonds is 3. The van der Waals surface area contributed by atoms with Crippen molar-refractivity contribution in [2.45, 2.75) is 32.6 Å². The van der Waals surface area contributed by atoms with Crippen LogP contribution in [-0.4, -0.2) is 11.0 Å². The van der Waals surface area contributed by atoms with E-state index in [-0.39, 0.29) is 0 Å². The van der Waals surface area contributed by atoms with Gasteiger partial charge in [-0.2, -0.15) is 0 Å². The first-order valence-corrected chi connectivity index (χ1v) is 11.4. The van der Waals surface area contributed by atoms with Gasteiger partial charge in [0, 0.05) is 5.39 Å². The van der Waals surface area contributed by atoms with Crippen LogP contribution in [0.25, 0.3) is 20.8 Å². The molecule has 4 nitrogen and oxygen atoms in total. The standard InChI is InChI=1S/C23H20N2O2S2/c1-13-6-4-7-14(12-13)27-23(26)21-19(24)18-15-8-2-3-9-16(15)20(25-22(18)29-21)17-10-5-11-28-17/h4-7,10-12H,2-3,8-9,24H2,1H3. The minimum Gasteiger partial charge on any atom is -0.422 e. The molecule has 1 aliphatic rings. The Morgan fingerprint density at radius 2 is 1.97 bits per heavy atom. The first-order valence-electron chi connectivity index (χ1n) is 9.68. The highest BCUT2D eigenvalue weighted by Gasteiger charge is 2.26. The molecule has 146 valence electrons. The zero-order valence-electron chi connectivity index (χ0n) is 16.0. The minimum absolute atomic E-state index is 0.418. The van der Waals surface area contributed by atoms with E-state index in [2.05, 4.69) is 17.5 Å². The fourth-order valence-corrected chi connectivity index (χ4v) is 5.76. The van der Waals surface area contributed by atoms with E-state index in [1.807, 2.05) is 25.1 Å². The highest BCUT2D eigenvalue weighted by atomic mass is 32.1. The summed E-state index contributed by atoms with van der Waals surface area (Å²) >= 11 is 3.03. The predicted molar refractivity (Wildman–Crippen MR) is 120 cm³/mol. The van der Waals surface area contributed by atoms with Gasteiger partial charge in [-0.1, -0.05) is 18.2 Å². The Morgan fingerprint density at radius 1 is 1.14 bits per heavy atom. The molecule has 0 radical (unpaired) electrons. The van der Waals surface area contributed by atoms with Crippen LogP contribution in [0.1, 0.15) is 39.2 Å². The third kappa shape index (κ3) is 3.22. The van der Waals surface area contributed by atoms with Crippen molar-refractivity contribution in [3.8, 4) is 16.3 Å². The van der Waals surface area contributed by atoms with Gasteiger partial charge in [0.1, 0.15) is 15.5 Å². The molecule has 3 aromatic heterocycles. The van der Waals surface area contributed by atoms with Crippen molar-refractivity contribution in [1.82, 2.24) is 4.98 Å². The Labute approximate surface area is 177 Å². The van der Waals surface area contributed by atoms with Gasteiger partial charge in [-0.3, -0.25) is 0 Å². The van der Waals surface area contributed by atoms with Gasteiger partial charge in [-0.15, -0.1) is 22.7 Å². The summed E-state index contributed by atoms with van der Waals surface area (Å²) in [6.45, 7) is 1.97. The van der Waals surface area contributed by atoms with Crippen molar-refractivity contribution in [3.63, 3.8) is 0 Å². The summed E-state index contributed by atoms with van der Waals surface area (Å²) in [5, 5.41) is 3.02. The summed E-state index contributed by atoms with van der Waals surface area (Å²) in [4.78, 5) is 20.3. The molecule has 0 aliphatic heterocycles. The third-order valence-electron chi connectivity index (χ3n) is 5.34. The fraction of sp³-hybridized carbons (Fsp3) is 0.217. The number of hydrogen-bond donors (Lipinski definition) is 1. The summed E-state index contributed by atoms with van der Waals surface area (Å²) in [6.07, 6.45) is 4.27. The molecule has 0 fully saturated rings. The van der Waals surface area contributed by atoms with E-state index in [1.165, 1.54) is 27.3 Å². The van der Waals surface area contributed by atoms with Gasteiger partial charge in [0.05, 0.1) is 16.3 Å². The number of pyridine rings is 1. The van der Waals surface area contributed by atoms with Gasteiger partial charge < -0.3 is 10.5 Å². The molecule has 6 heteroatoms. The second-order valence-corrected chi connectivity index (χ2v) is 9.28. The minimum atomic E-state index is -0.418. The molecule has 1 aliphatic carbocycles. The van der Waals surface area contributed by atoms with Gasteiger partial charge in [-0.25, -0.2) is 9.78 Å². The normalized spacial score (nSPS) is 13.4. The highest BCUT2D eigenvalue weighted by Crippen LogP contribution is 2.43. The molecule has 0 spiro atoms. The number of carbonyl (C=O) groups is 1. The van der Waals surface area contributed by atoms with E-state index in [9.17, 15) is 4.79 Å². The van der Waals surface area contributed by atoms with Crippen molar-refractivity contribution >= 4 is 44.5 Å². The highest BCUT2D eigenvalue weighted by molar-refractivity contribution is 7.21. The number of esters is 1. The van der Waals surface area contributed by atoms with Crippen LogP contribution >= 0.6 is 22.7 Å². The number of ether oxygens (including phenoxy) is 1. The molecule has 0 saturated carbocycles. The Balaban J connectivity index is 1.63. The molecule has 0 bridgehead atoms. The number of aryl methyl sites for hydroxylation is 2. The van der Waals surface area contributed by atoms with Crippen LogP contribution in [0.5, 0.6) is 5.75 Å². The van der Waals surface area contributed by atoms with E-state index in [4.69, 9.17) is 15.5 Å². The lowest BCUT2D eigenvalue weighted by molar-refractivity contribution is 0.0741. The Kier molecular flexibility index (Phi) is 4.60. The van der Waals surface area contributed by atoms with E-state index in [1.54, 1.807) is 17.4 Å². The van der Waals surface area contributed by atoms with E-state index < -0.39 is 5.97 Å². The predicted octanol–water partition coefficient (Wildman–Crippen LogP) is 6.01. The molecule has 2 N–H and O–H groups in total. The monoisotopic (exact) mass is 420 g/mol. The van der Waals surface area contributed by atoms with Crippen LogP contribution in [0, 0.1) is 6.92 Å². The third-order valence-corrected chi connectivity index (χ3v) is 7.29. The number of nitrogen functional groups attached to an aromatic ring is 1. The van der Waals surface area contributed by atoms with Gasteiger partial charge in [0.25, 0.3) is 0 Å². The van der Waals surface area contributed by atoms with Crippen LogP contribution in [0.15, 0.2) is 41.8 Å². The van der Waals surface area contributed by atoms with Crippen molar-refractivity contribution in [3.05, 3.63) is 63.3 Å². The summed E-state index contributed by atoms with van der Waals surface area (Å²) in [5.41, 5.74) is 11.6. The van der Waals surface area contributed by atoms with Crippen molar-refractivity contribution in [2.24, 2.45) is 0 Å². The second kappa shape index (κ2) is 7.28. The van der Waals surface area contributed by atoms with E-state index >= 15 is 0 Å². The van der Waals surface area contributed by atoms with Crippen molar-refractivity contribution in [1.29, 1.82) is 0 Å². The van der Waals surface area contributed by atoms with Crippen molar-refractivity contribution in [2.75, 3.05) is 5.73 Å². The summed E-state index contributed by atoms with van der Waals surface area (Å²) < 4.78 is 5.60. The largest absolute Gasteiger partial charge is 0.422 e. The molecular formula is C23H20N2O2S2. The molecule has 0 unspecified atom stereocenters. The quantitative estimate of drug-likeness (QED) is 0.325. The SMILES string of the molecule is Cc1cccc(OC(=O)c2sc3nc(-c4cccs4)c4c(c3c2N)CCCC4)c1. The van der Waals surface area contributed by atoms with Crippen LogP contribution in [0.3, 0.4) is 0 Å². The zero-order valence-corrected chi connectivity index (χ0v) is 17.7. The van der Waals surface area contributed by atoms with Crippen LogP contribution in [0.4, 0.5) is 5.69 Å². The summed E-state index contributed by atoms with van der Waals surface area (Å²) in [6, 6.07) is 11.6. The van der Waals surface area contributed by atoms with Crippen LogP contribution in [-0.2, 0) is 12.8 Å². The maximum atomic E-state index is 12.9. The number of hydrogen-bond acceptors (Lipinski definition) is 6. The maximum absolute atomic E-state index is 12.9. The Hall–Kier alpha value is -2.70. The lowest BCUT2D eigenvalue weighted by atomic mass is 9.88. The molecule has 1 aromatic carbocycles. The van der Waals surface area contributed by atoms with Crippen LogP contribution in [0.2, 0.25) is 0 Å². The van der Waals surface area contributed by atoms with Gasteiger partial charge >= 0.3 is 5.97 Å². The summed E-state index contributed by atoms with van der Waals surface area (Å²) in [7, 11) is 0. The average molecular weight is 421 g/mol. The lowest BCUT2D eigenvalue weighted by Gasteiger charge is -2.19. The fourth-order valence-electron chi connectivity index (χ4n) is 4.01. The first-order chi connectivity index (χ1) is 14.1. The molecule has 3 heterocycles. The average Bonchev–Trinajstić information content (AvgIpc) is 3.36. The number of nitrogens with zero attached hydrogens (tertiary/aromatic N) is 1. The van der Waals surface area contributed by atoms with Gasteiger partial charge in [0.15, 0.2) is 0 Å². The number of carbonyl (C=O) groups excluding carboxylic acids is 1. The Morgan fingerprint density at radius 3 is 2.72 bits per heavy atom. The number of fused-ring (bicyclic) bond motifs is 3. The maximum Gasteiger partial charge on any atom is 0.355 e. The molecule has 0 saturated heterocycles. The van der Waals surface area contributed by atoms with Gasteiger partial charge in [0.2, 0.25) is 0 Å². The number of benzene rings is 1. The lowest BCUT2D eigenvalue weighted by Crippen LogP contribution is -2.10. The molecule has 29 heavy (non-hydrogen) atoms. The summed E-state index contributed by atoms with van der Waals surface area (Å²) in [5.74, 6) is 0.111. The molecular weight excluding hydrogens is 400 g/mol. The number of thiophene rings is 2. The van der Waals surface area contributed by atoms with Crippen molar-refractivity contribution < 1.29 is 9.53 Å². The van der Waals surface area contributed by atoms with E-state index in [0.29, 0.717) is 16.3 Å². The molecule has 4 aromatic rings. The van der Waals surface area contributed by atoms with Crippen LogP contribution < -0.4 is 10.5 Å².